The summed E-state index contributed by atoms with van der Waals surface area (Å²) in [6, 6.07) is 8.16. The van der Waals surface area contributed by atoms with Crippen LogP contribution in [0.4, 0.5) is 5.82 Å². The fourth-order valence-electron chi connectivity index (χ4n) is 3.98. The Balaban J connectivity index is 1.70. The van der Waals surface area contributed by atoms with Crippen molar-refractivity contribution < 1.29 is 0 Å². The third kappa shape index (κ3) is 4.77. The molecule has 4 heteroatoms. The predicted octanol–water partition coefficient (Wildman–Crippen LogP) is 5.80. The molecule has 1 aromatic heterocycles. The predicted molar refractivity (Wildman–Crippen MR) is 106 cm³/mol. The average molecular weight is 338 g/mol. The first-order valence-electron chi connectivity index (χ1n) is 9.79. The van der Waals surface area contributed by atoms with Crippen molar-refractivity contribution in [2.75, 3.05) is 5.43 Å². The number of hydrogen-bond donors (Lipinski definition) is 1. The van der Waals surface area contributed by atoms with Crippen molar-refractivity contribution in [3.05, 3.63) is 30.5 Å². The number of aromatic nitrogens is 2. The SMILES string of the molecule is CCC/C(CC(C)C1CCCCC1)=N/Nc1nncc2ccccc12. The largest absolute Gasteiger partial charge is 0.259 e. The van der Waals surface area contributed by atoms with Crippen LogP contribution >= 0.6 is 0 Å². The maximum absolute atomic E-state index is 4.73. The van der Waals surface area contributed by atoms with Gasteiger partial charge in [0.25, 0.3) is 0 Å². The molecule has 1 aromatic carbocycles. The second-order valence-corrected chi connectivity index (χ2v) is 7.40. The third-order valence-electron chi connectivity index (χ3n) is 5.44. The highest BCUT2D eigenvalue weighted by atomic mass is 15.3. The van der Waals surface area contributed by atoms with Crippen molar-refractivity contribution >= 4 is 22.3 Å². The van der Waals surface area contributed by atoms with Crippen LogP contribution in [0.15, 0.2) is 35.6 Å². The molecular weight excluding hydrogens is 308 g/mol. The molecule has 134 valence electrons. The lowest BCUT2D eigenvalue weighted by atomic mass is 9.78. The van der Waals surface area contributed by atoms with E-state index in [-0.39, 0.29) is 0 Å². The van der Waals surface area contributed by atoms with Gasteiger partial charge < -0.3 is 0 Å². The van der Waals surface area contributed by atoms with Crippen molar-refractivity contribution in [3.8, 4) is 0 Å². The van der Waals surface area contributed by atoms with E-state index in [1.54, 1.807) is 6.20 Å². The van der Waals surface area contributed by atoms with Gasteiger partial charge in [0.05, 0.1) is 6.20 Å². The molecule has 4 nitrogen and oxygen atoms in total. The number of nitrogens with zero attached hydrogens (tertiary/aromatic N) is 3. The van der Waals surface area contributed by atoms with E-state index in [9.17, 15) is 0 Å². The minimum atomic E-state index is 0.714. The first-order chi connectivity index (χ1) is 12.3. The molecule has 0 aliphatic heterocycles. The lowest BCUT2D eigenvalue weighted by molar-refractivity contribution is 0.268. The van der Waals surface area contributed by atoms with E-state index in [1.807, 2.05) is 12.1 Å². The van der Waals surface area contributed by atoms with Crippen LogP contribution in [0.3, 0.4) is 0 Å². The highest BCUT2D eigenvalue weighted by Gasteiger charge is 2.21. The Kier molecular flexibility index (Phi) is 6.37. The van der Waals surface area contributed by atoms with Gasteiger partial charge in [0, 0.05) is 16.5 Å². The van der Waals surface area contributed by atoms with Gasteiger partial charge in [0.1, 0.15) is 0 Å². The molecule has 0 saturated heterocycles. The van der Waals surface area contributed by atoms with Gasteiger partial charge in [-0.2, -0.15) is 10.2 Å². The molecule has 25 heavy (non-hydrogen) atoms. The van der Waals surface area contributed by atoms with Gasteiger partial charge in [-0.05, 0) is 24.7 Å². The summed E-state index contributed by atoms with van der Waals surface area (Å²) in [7, 11) is 0. The molecule has 1 atom stereocenters. The normalized spacial score (nSPS) is 17.6. The Morgan fingerprint density at radius 3 is 2.84 bits per heavy atom. The summed E-state index contributed by atoms with van der Waals surface area (Å²) in [6.45, 7) is 4.62. The molecule has 0 radical (unpaired) electrons. The molecule has 0 bridgehead atoms. The second-order valence-electron chi connectivity index (χ2n) is 7.40. The Hall–Kier alpha value is -1.97. The fraction of sp³-hybridized carbons (Fsp3) is 0.571. The van der Waals surface area contributed by atoms with Crippen LogP contribution in [-0.4, -0.2) is 15.9 Å². The number of hydrazone groups is 1. The van der Waals surface area contributed by atoms with Crippen molar-refractivity contribution in [1.82, 2.24) is 10.2 Å². The minimum Gasteiger partial charge on any atom is -0.259 e. The molecular formula is C21H30N4. The van der Waals surface area contributed by atoms with Crippen LogP contribution in [0.5, 0.6) is 0 Å². The summed E-state index contributed by atoms with van der Waals surface area (Å²) >= 11 is 0. The van der Waals surface area contributed by atoms with E-state index in [0.717, 1.165) is 41.8 Å². The molecule has 1 fully saturated rings. The third-order valence-corrected chi connectivity index (χ3v) is 5.44. The Morgan fingerprint density at radius 2 is 2.04 bits per heavy atom. The standard InChI is InChI=1S/C21H30N4/c1-3-9-19(14-16(2)17-10-5-4-6-11-17)23-25-21-20-13-8-7-12-18(20)15-22-24-21/h7-8,12-13,15-17H,3-6,9-11,14H2,1-2H3,(H,24,25)/b23-19-. The van der Waals surface area contributed by atoms with E-state index in [1.165, 1.54) is 37.8 Å². The van der Waals surface area contributed by atoms with Crippen molar-refractivity contribution in [2.45, 2.75) is 65.2 Å². The smallest absolute Gasteiger partial charge is 0.176 e. The maximum atomic E-state index is 4.73. The topological polar surface area (TPSA) is 50.2 Å². The van der Waals surface area contributed by atoms with Crippen LogP contribution in [-0.2, 0) is 0 Å². The van der Waals surface area contributed by atoms with Gasteiger partial charge in [-0.15, -0.1) is 5.10 Å². The zero-order chi connectivity index (χ0) is 17.5. The van der Waals surface area contributed by atoms with Crippen LogP contribution < -0.4 is 5.43 Å². The van der Waals surface area contributed by atoms with Gasteiger partial charge in [0.2, 0.25) is 0 Å². The highest BCUT2D eigenvalue weighted by Crippen LogP contribution is 2.32. The van der Waals surface area contributed by atoms with E-state index in [2.05, 4.69) is 41.6 Å². The number of rotatable bonds is 7. The molecule has 1 saturated carbocycles. The number of benzene rings is 1. The van der Waals surface area contributed by atoms with Crippen LogP contribution in [0.2, 0.25) is 0 Å². The molecule has 0 spiro atoms. The minimum absolute atomic E-state index is 0.714. The van der Waals surface area contributed by atoms with Crippen molar-refractivity contribution in [2.24, 2.45) is 16.9 Å². The molecule has 1 aliphatic carbocycles. The van der Waals surface area contributed by atoms with E-state index in [0.29, 0.717) is 5.92 Å². The zero-order valence-corrected chi connectivity index (χ0v) is 15.5. The number of nitrogens with one attached hydrogen (secondary N) is 1. The second kappa shape index (κ2) is 8.93. The molecule has 1 N–H and O–H groups in total. The summed E-state index contributed by atoms with van der Waals surface area (Å²) in [5.41, 5.74) is 4.45. The number of anilines is 1. The van der Waals surface area contributed by atoms with Crippen LogP contribution in [0.1, 0.15) is 65.2 Å². The number of fused-ring (bicyclic) bond motifs is 1. The first kappa shape index (κ1) is 17.8. The molecule has 1 aliphatic rings. The molecule has 2 aromatic rings. The lowest BCUT2D eigenvalue weighted by Crippen LogP contribution is -2.19. The lowest BCUT2D eigenvalue weighted by Gasteiger charge is -2.28. The fourth-order valence-corrected chi connectivity index (χ4v) is 3.98. The molecule has 1 unspecified atom stereocenters. The Bertz CT molecular complexity index is 699. The summed E-state index contributed by atoms with van der Waals surface area (Å²) in [5, 5.41) is 15.2. The summed E-state index contributed by atoms with van der Waals surface area (Å²) in [4.78, 5) is 0. The monoisotopic (exact) mass is 338 g/mol. The highest BCUT2D eigenvalue weighted by molar-refractivity contribution is 5.92. The van der Waals surface area contributed by atoms with Crippen molar-refractivity contribution in [1.29, 1.82) is 0 Å². The van der Waals surface area contributed by atoms with Gasteiger partial charge in [-0.25, -0.2) is 0 Å². The van der Waals surface area contributed by atoms with Crippen LogP contribution in [0, 0.1) is 11.8 Å². The van der Waals surface area contributed by atoms with Crippen LogP contribution in [0.25, 0.3) is 10.8 Å². The van der Waals surface area contributed by atoms with Gasteiger partial charge in [0.15, 0.2) is 5.82 Å². The van der Waals surface area contributed by atoms with E-state index in [4.69, 9.17) is 5.10 Å². The zero-order valence-electron chi connectivity index (χ0n) is 15.5. The van der Waals surface area contributed by atoms with Gasteiger partial charge in [-0.3, -0.25) is 5.43 Å². The summed E-state index contributed by atoms with van der Waals surface area (Å²) in [5.74, 6) is 2.33. The Labute approximate surface area is 151 Å². The summed E-state index contributed by atoms with van der Waals surface area (Å²) in [6.07, 6.45) is 12.1. The average Bonchev–Trinajstić information content (AvgIpc) is 2.67. The quantitative estimate of drug-likeness (QED) is 0.512. The maximum Gasteiger partial charge on any atom is 0.176 e. The molecule has 0 amide bonds. The van der Waals surface area contributed by atoms with Gasteiger partial charge in [-0.1, -0.05) is 76.6 Å². The van der Waals surface area contributed by atoms with E-state index < -0.39 is 0 Å². The van der Waals surface area contributed by atoms with Crippen molar-refractivity contribution in [3.63, 3.8) is 0 Å². The molecule has 1 heterocycles. The van der Waals surface area contributed by atoms with E-state index >= 15 is 0 Å². The first-order valence-corrected chi connectivity index (χ1v) is 9.79. The number of hydrogen-bond acceptors (Lipinski definition) is 4. The molecule has 3 rings (SSSR count). The Morgan fingerprint density at radius 1 is 1.24 bits per heavy atom. The summed E-state index contributed by atoms with van der Waals surface area (Å²) < 4.78 is 0. The van der Waals surface area contributed by atoms with Gasteiger partial charge >= 0.3 is 0 Å².